The molecule has 0 amide bonds. The van der Waals surface area contributed by atoms with Crippen LogP contribution in [0.2, 0.25) is 0 Å². The smallest absolute Gasteiger partial charge is 0.141 e. The number of anilines is 1. The molecule has 3 aromatic heterocycles. The van der Waals surface area contributed by atoms with E-state index in [-0.39, 0.29) is 5.25 Å². The molecule has 0 bridgehead atoms. The minimum atomic E-state index is -1.09. The van der Waals surface area contributed by atoms with Crippen molar-refractivity contribution in [2.24, 2.45) is 4.99 Å². The number of pyridine rings is 1. The monoisotopic (exact) mass is 468 g/mol. The molecule has 0 radical (unpaired) electrons. The third kappa shape index (κ3) is 7.32. The molecule has 1 atom stereocenters. The molecule has 2 N–H and O–H groups in total. The highest BCUT2D eigenvalue weighted by Crippen LogP contribution is 2.39. The second-order valence-corrected chi connectivity index (χ2v) is 10.1. The van der Waals surface area contributed by atoms with E-state index in [1.165, 1.54) is 11.3 Å². The van der Waals surface area contributed by atoms with Gasteiger partial charge in [-0.3, -0.25) is 4.21 Å². The molecule has 160 valence electrons. The predicted octanol–water partition coefficient (Wildman–Crippen LogP) is 5.72. The van der Waals surface area contributed by atoms with Gasteiger partial charge in [0.2, 0.25) is 0 Å². The van der Waals surface area contributed by atoms with Crippen LogP contribution in [0.3, 0.4) is 0 Å². The van der Waals surface area contributed by atoms with Gasteiger partial charge < -0.3 is 10.7 Å². The van der Waals surface area contributed by atoms with Crippen molar-refractivity contribution in [2.45, 2.75) is 30.2 Å². The van der Waals surface area contributed by atoms with Crippen LogP contribution < -0.4 is 5.73 Å². The summed E-state index contributed by atoms with van der Waals surface area (Å²) in [4.78, 5) is 13.0. The first-order valence-electron chi connectivity index (χ1n) is 8.96. The fourth-order valence-electron chi connectivity index (χ4n) is 2.23. The average molecular weight is 469 g/mol. The van der Waals surface area contributed by atoms with Crippen molar-refractivity contribution in [1.29, 1.82) is 0 Å². The van der Waals surface area contributed by atoms with Gasteiger partial charge in [0, 0.05) is 29.3 Å². The lowest BCUT2D eigenvalue weighted by Crippen LogP contribution is -2.05. The first-order chi connectivity index (χ1) is 14.8. The molecule has 0 fully saturated rings. The first kappa shape index (κ1) is 26.0. The highest BCUT2D eigenvalue weighted by molar-refractivity contribution is 7.88. The van der Waals surface area contributed by atoms with Gasteiger partial charge in [-0.05, 0) is 55.6 Å². The molecule has 3 rings (SSSR count). The van der Waals surface area contributed by atoms with Gasteiger partial charge in [0.05, 0.1) is 16.5 Å². The number of aliphatic imine (C=N–C) groups is 1. The van der Waals surface area contributed by atoms with Gasteiger partial charge in [0.15, 0.2) is 0 Å². The summed E-state index contributed by atoms with van der Waals surface area (Å²) < 4.78 is 13.1. The van der Waals surface area contributed by atoms with Gasteiger partial charge in [-0.1, -0.05) is 25.3 Å². The standard InChI is InChI=1S/C14H15N3OS3.C7H4.C2H5N/c1-7(2)21(18)14-11(15)10-8(3)6-9(17-13(10)20-14)12-16-4-5-19-12;1-3-5-7-6-4-2;1-3-2/h4-7H,15H2,1-3H3;1-2H2;1H2,2H3. The summed E-state index contributed by atoms with van der Waals surface area (Å²) in [6, 6.07) is 1.99. The predicted molar refractivity (Wildman–Crippen MR) is 136 cm³/mol. The normalized spacial score (nSPS) is 10.1. The molecule has 0 aliphatic heterocycles. The van der Waals surface area contributed by atoms with Crippen LogP contribution in [-0.2, 0) is 10.8 Å². The van der Waals surface area contributed by atoms with E-state index in [0.717, 1.165) is 30.7 Å². The summed E-state index contributed by atoms with van der Waals surface area (Å²) in [5, 5.41) is 3.78. The molecule has 0 aliphatic carbocycles. The fraction of sp³-hybridized carbons (Fsp3) is 0.217. The van der Waals surface area contributed by atoms with Crippen LogP contribution in [-0.4, -0.2) is 33.2 Å². The Hall–Kier alpha value is -3.00. The Morgan fingerprint density at radius 2 is 1.84 bits per heavy atom. The van der Waals surface area contributed by atoms with Crippen LogP contribution in [0.4, 0.5) is 5.69 Å². The quantitative estimate of drug-likeness (QED) is 0.394. The number of rotatable bonds is 3. The van der Waals surface area contributed by atoms with E-state index >= 15 is 0 Å². The highest BCUT2D eigenvalue weighted by atomic mass is 32.2. The van der Waals surface area contributed by atoms with Crippen LogP contribution in [0.5, 0.6) is 0 Å². The van der Waals surface area contributed by atoms with Crippen molar-refractivity contribution in [3.05, 3.63) is 65.0 Å². The Balaban J connectivity index is 0.000000406. The number of nitrogens with zero attached hydrogens (tertiary/aromatic N) is 3. The lowest BCUT2D eigenvalue weighted by Gasteiger charge is -2.04. The highest BCUT2D eigenvalue weighted by Gasteiger charge is 2.20. The van der Waals surface area contributed by atoms with Gasteiger partial charge in [-0.2, -0.15) is 0 Å². The molecular weight excluding hydrogens is 444 g/mol. The minimum absolute atomic E-state index is 0.0408. The Morgan fingerprint density at radius 1 is 1.23 bits per heavy atom. The van der Waals surface area contributed by atoms with Gasteiger partial charge >= 0.3 is 0 Å². The summed E-state index contributed by atoms with van der Waals surface area (Å²) >= 11 is 2.98. The summed E-state index contributed by atoms with van der Waals surface area (Å²) in [6.07, 6.45) is 1.77. The van der Waals surface area contributed by atoms with E-state index in [1.54, 1.807) is 24.6 Å². The number of hydrogen-bond donors (Lipinski definition) is 1. The molecule has 0 spiro atoms. The molecule has 0 saturated heterocycles. The zero-order valence-electron chi connectivity index (χ0n) is 18.0. The number of nitrogen functional groups attached to an aromatic ring is 1. The zero-order valence-corrected chi connectivity index (χ0v) is 20.4. The fourth-order valence-corrected chi connectivity index (χ4v) is 5.62. The number of fused-ring (bicyclic) bond motifs is 1. The molecular formula is C23H24N4OS3. The minimum Gasteiger partial charge on any atom is -0.396 e. The van der Waals surface area contributed by atoms with Gasteiger partial charge in [-0.15, -0.1) is 22.7 Å². The third-order valence-corrected chi connectivity index (χ3v) is 7.30. The molecule has 3 heterocycles. The van der Waals surface area contributed by atoms with Crippen molar-refractivity contribution in [3.63, 3.8) is 0 Å². The molecule has 0 aliphatic rings. The number of thiophene rings is 1. The number of aromatic nitrogens is 2. The van der Waals surface area contributed by atoms with Crippen molar-refractivity contribution < 1.29 is 4.21 Å². The van der Waals surface area contributed by atoms with E-state index in [1.807, 2.05) is 32.2 Å². The van der Waals surface area contributed by atoms with E-state index in [4.69, 9.17) is 5.73 Å². The van der Waals surface area contributed by atoms with Crippen LogP contribution in [0.15, 0.2) is 68.7 Å². The molecule has 5 nitrogen and oxygen atoms in total. The molecule has 0 saturated carbocycles. The van der Waals surface area contributed by atoms with Crippen molar-refractivity contribution in [1.82, 2.24) is 9.97 Å². The van der Waals surface area contributed by atoms with E-state index in [2.05, 4.69) is 63.5 Å². The van der Waals surface area contributed by atoms with Crippen molar-refractivity contribution in [3.8, 4) is 10.7 Å². The summed E-state index contributed by atoms with van der Waals surface area (Å²) in [5.41, 5.74) is 20.7. The van der Waals surface area contributed by atoms with E-state index < -0.39 is 10.8 Å². The largest absolute Gasteiger partial charge is 0.396 e. The topological polar surface area (TPSA) is 81.2 Å². The summed E-state index contributed by atoms with van der Waals surface area (Å²) in [7, 11) is 0.548. The number of hydrogen-bond acceptors (Lipinski definition) is 7. The first-order valence-corrected chi connectivity index (χ1v) is 11.9. The number of nitrogens with two attached hydrogens (primary N) is 1. The lowest BCUT2D eigenvalue weighted by atomic mass is 10.1. The second kappa shape index (κ2) is 13.3. The van der Waals surface area contributed by atoms with Crippen LogP contribution in [0.25, 0.3) is 20.9 Å². The Bertz CT molecular complexity index is 1220. The lowest BCUT2D eigenvalue weighted by molar-refractivity contribution is 0.678. The molecule has 31 heavy (non-hydrogen) atoms. The maximum Gasteiger partial charge on any atom is 0.141 e. The van der Waals surface area contributed by atoms with E-state index in [0.29, 0.717) is 5.69 Å². The average Bonchev–Trinajstić information content (AvgIpc) is 3.37. The van der Waals surface area contributed by atoms with Crippen LogP contribution in [0.1, 0.15) is 19.4 Å². The number of thiazole rings is 1. The zero-order chi connectivity index (χ0) is 23.4. The second-order valence-electron chi connectivity index (χ2n) is 6.04. The maximum absolute atomic E-state index is 12.4. The van der Waals surface area contributed by atoms with Gasteiger partial charge in [0.1, 0.15) is 19.7 Å². The molecule has 8 heteroatoms. The summed E-state index contributed by atoms with van der Waals surface area (Å²) in [5.74, 6) is 0. The Labute approximate surface area is 193 Å². The van der Waals surface area contributed by atoms with Crippen LogP contribution >= 0.6 is 22.7 Å². The van der Waals surface area contributed by atoms with Crippen molar-refractivity contribution in [2.75, 3.05) is 12.8 Å². The van der Waals surface area contributed by atoms with Crippen molar-refractivity contribution >= 4 is 56.1 Å². The Morgan fingerprint density at radius 3 is 2.32 bits per heavy atom. The Kier molecular flexibility index (Phi) is 11.2. The van der Waals surface area contributed by atoms with Gasteiger partial charge in [-0.25, -0.2) is 9.97 Å². The number of aryl methyl sites for hydroxylation is 1. The summed E-state index contributed by atoms with van der Waals surface area (Å²) in [6.45, 7) is 15.5. The molecule has 3 aromatic rings. The maximum atomic E-state index is 12.4. The van der Waals surface area contributed by atoms with Crippen LogP contribution in [0, 0.1) is 6.92 Å². The molecule has 1 unspecified atom stereocenters. The third-order valence-electron chi connectivity index (χ3n) is 3.43. The molecule has 0 aromatic carbocycles. The van der Waals surface area contributed by atoms with E-state index in [9.17, 15) is 4.21 Å². The van der Waals surface area contributed by atoms with Gasteiger partial charge in [0.25, 0.3) is 0 Å². The SMILES string of the molecule is C=C=C=C=C=C=C.C=NC.Cc1cc(-c2nccs2)nc2sc(S(=O)C(C)C)c(N)c12.